The van der Waals surface area contributed by atoms with Crippen molar-refractivity contribution < 1.29 is 23.8 Å². The Morgan fingerprint density at radius 3 is 2.34 bits per heavy atom. The molecule has 0 aliphatic carbocycles. The lowest BCUT2D eigenvalue weighted by molar-refractivity contribution is -0.140. The number of hydrogen-bond donors (Lipinski definition) is 1. The minimum absolute atomic E-state index is 0.0389. The van der Waals surface area contributed by atoms with E-state index in [9.17, 15) is 19.1 Å². The fourth-order valence-corrected chi connectivity index (χ4v) is 3.93. The number of amides is 1. The summed E-state index contributed by atoms with van der Waals surface area (Å²) in [5.74, 6) is -1.69. The minimum Gasteiger partial charge on any atom is -0.507 e. The van der Waals surface area contributed by atoms with Gasteiger partial charge in [0, 0.05) is 18.7 Å². The standard InChI is InChI=1S/C25H29FN2O4/c1-5-27(6-2)13-14-28-22(17-9-11-19(32-4)12-10-17)21(24(30)25(28)31)23(29)18-8-7-16(3)20(26)15-18/h7-12,15,22,29H,5-6,13-14H2,1-4H3/t22-/m1/s1. The quantitative estimate of drug-likeness (QED) is 0.383. The van der Waals surface area contributed by atoms with E-state index in [1.165, 1.54) is 17.0 Å². The van der Waals surface area contributed by atoms with Gasteiger partial charge in [-0.25, -0.2) is 4.39 Å². The Bertz CT molecular complexity index is 1030. The lowest BCUT2D eigenvalue weighted by atomic mass is 9.95. The van der Waals surface area contributed by atoms with Crippen molar-refractivity contribution in [2.24, 2.45) is 0 Å². The van der Waals surface area contributed by atoms with Crippen LogP contribution in [0.25, 0.3) is 5.76 Å². The van der Waals surface area contributed by atoms with Gasteiger partial charge in [0.25, 0.3) is 11.7 Å². The van der Waals surface area contributed by atoms with Crippen LogP contribution in [0.3, 0.4) is 0 Å². The predicted molar refractivity (Wildman–Crippen MR) is 121 cm³/mol. The SMILES string of the molecule is CCN(CC)CCN1C(=O)C(=O)C(=C(O)c2ccc(C)c(F)c2)[C@H]1c1ccc(OC)cc1. The van der Waals surface area contributed by atoms with E-state index in [0.717, 1.165) is 13.1 Å². The van der Waals surface area contributed by atoms with Gasteiger partial charge in [-0.3, -0.25) is 9.59 Å². The van der Waals surface area contributed by atoms with Gasteiger partial charge in [0.1, 0.15) is 17.3 Å². The molecule has 1 aliphatic rings. The molecule has 6 nitrogen and oxygen atoms in total. The summed E-state index contributed by atoms with van der Waals surface area (Å²) >= 11 is 0. The molecule has 7 heteroatoms. The monoisotopic (exact) mass is 440 g/mol. The molecule has 1 atom stereocenters. The Balaban J connectivity index is 2.11. The highest BCUT2D eigenvalue weighted by Gasteiger charge is 2.46. The number of carbonyl (C=O) groups is 2. The molecule has 2 aromatic rings. The lowest BCUT2D eigenvalue weighted by Crippen LogP contribution is -2.38. The van der Waals surface area contributed by atoms with E-state index < -0.39 is 23.5 Å². The van der Waals surface area contributed by atoms with Gasteiger partial charge in [0.15, 0.2) is 0 Å². The van der Waals surface area contributed by atoms with E-state index in [-0.39, 0.29) is 16.9 Å². The molecule has 170 valence electrons. The predicted octanol–water partition coefficient (Wildman–Crippen LogP) is 3.91. The van der Waals surface area contributed by atoms with Crippen molar-refractivity contribution in [3.8, 4) is 5.75 Å². The van der Waals surface area contributed by atoms with E-state index >= 15 is 0 Å². The molecule has 0 unspecified atom stereocenters. The van der Waals surface area contributed by atoms with Gasteiger partial charge >= 0.3 is 0 Å². The Morgan fingerprint density at radius 2 is 1.78 bits per heavy atom. The summed E-state index contributed by atoms with van der Waals surface area (Å²) in [6.45, 7) is 8.22. The van der Waals surface area contributed by atoms with E-state index in [0.29, 0.717) is 30.0 Å². The fourth-order valence-electron chi connectivity index (χ4n) is 3.93. The van der Waals surface area contributed by atoms with Gasteiger partial charge in [-0.2, -0.15) is 0 Å². The van der Waals surface area contributed by atoms with E-state index in [1.807, 2.05) is 13.8 Å². The highest BCUT2D eigenvalue weighted by molar-refractivity contribution is 6.46. The summed E-state index contributed by atoms with van der Waals surface area (Å²) in [6, 6.07) is 10.5. The van der Waals surface area contributed by atoms with Gasteiger partial charge in [-0.15, -0.1) is 0 Å². The molecular weight excluding hydrogens is 411 g/mol. The Labute approximate surface area is 187 Å². The van der Waals surface area contributed by atoms with E-state index in [1.54, 1.807) is 44.4 Å². The minimum atomic E-state index is -0.777. The van der Waals surface area contributed by atoms with Gasteiger partial charge in [-0.1, -0.05) is 38.1 Å². The van der Waals surface area contributed by atoms with Crippen LogP contribution in [0.5, 0.6) is 5.75 Å². The Hall–Kier alpha value is -3.19. The molecule has 1 aliphatic heterocycles. The number of likely N-dealkylation sites (tertiary alicyclic amines) is 1. The van der Waals surface area contributed by atoms with Gasteiger partial charge < -0.3 is 19.6 Å². The van der Waals surface area contributed by atoms with Crippen LogP contribution >= 0.6 is 0 Å². The van der Waals surface area contributed by atoms with Crippen molar-refractivity contribution in [2.45, 2.75) is 26.8 Å². The van der Waals surface area contributed by atoms with Crippen molar-refractivity contribution in [3.63, 3.8) is 0 Å². The first-order chi connectivity index (χ1) is 15.3. The highest BCUT2D eigenvalue weighted by Crippen LogP contribution is 2.39. The van der Waals surface area contributed by atoms with Crippen LogP contribution in [0.15, 0.2) is 48.0 Å². The Morgan fingerprint density at radius 1 is 1.12 bits per heavy atom. The number of carbonyl (C=O) groups excluding carboxylic acids is 2. The topological polar surface area (TPSA) is 70.1 Å². The zero-order valence-electron chi connectivity index (χ0n) is 18.9. The molecule has 0 radical (unpaired) electrons. The number of aliphatic hydroxyl groups excluding tert-OH is 1. The highest BCUT2D eigenvalue weighted by atomic mass is 19.1. The number of likely N-dealkylation sites (N-methyl/N-ethyl adjacent to an activating group) is 1. The number of benzene rings is 2. The van der Waals surface area contributed by atoms with Gasteiger partial charge in [0.05, 0.1) is 18.7 Å². The molecule has 32 heavy (non-hydrogen) atoms. The second-order valence-corrected chi connectivity index (χ2v) is 7.76. The molecule has 3 rings (SSSR count). The molecule has 1 saturated heterocycles. The average Bonchev–Trinajstić information content (AvgIpc) is 3.06. The number of Topliss-reactive ketones (excluding diaryl/α,β-unsaturated/α-hetero) is 1. The van der Waals surface area contributed by atoms with Crippen LogP contribution in [-0.2, 0) is 9.59 Å². The molecule has 2 aromatic carbocycles. The maximum Gasteiger partial charge on any atom is 0.295 e. The number of rotatable bonds is 8. The average molecular weight is 441 g/mol. The molecule has 1 heterocycles. The summed E-state index contributed by atoms with van der Waals surface area (Å²) in [6.07, 6.45) is 0. The third-order valence-corrected chi connectivity index (χ3v) is 5.97. The number of hydrogen-bond acceptors (Lipinski definition) is 5. The Kier molecular flexibility index (Phi) is 7.30. The molecule has 1 amide bonds. The number of methoxy groups -OCH3 is 1. The van der Waals surface area contributed by atoms with Gasteiger partial charge in [-0.05, 0) is 49.3 Å². The number of halogens is 1. The van der Waals surface area contributed by atoms with Crippen molar-refractivity contribution in [3.05, 3.63) is 70.5 Å². The molecule has 1 N–H and O–H groups in total. The second-order valence-electron chi connectivity index (χ2n) is 7.76. The first kappa shape index (κ1) is 23.5. The summed E-state index contributed by atoms with van der Waals surface area (Å²) in [4.78, 5) is 29.7. The number of aryl methyl sites for hydroxylation is 1. The first-order valence-electron chi connectivity index (χ1n) is 10.7. The summed E-state index contributed by atoms with van der Waals surface area (Å²) in [5.41, 5.74) is 1.21. The molecule has 0 aromatic heterocycles. The van der Waals surface area contributed by atoms with Crippen molar-refractivity contribution >= 4 is 17.4 Å². The largest absolute Gasteiger partial charge is 0.507 e. The van der Waals surface area contributed by atoms with Crippen LogP contribution in [0.4, 0.5) is 4.39 Å². The number of nitrogens with zero attached hydrogens (tertiary/aromatic N) is 2. The normalized spacial score (nSPS) is 17.9. The third-order valence-electron chi connectivity index (χ3n) is 5.97. The van der Waals surface area contributed by atoms with Crippen LogP contribution in [0.2, 0.25) is 0 Å². The van der Waals surface area contributed by atoms with Crippen molar-refractivity contribution in [1.29, 1.82) is 0 Å². The van der Waals surface area contributed by atoms with Crippen molar-refractivity contribution in [1.82, 2.24) is 9.80 Å². The third kappa shape index (κ3) is 4.53. The summed E-state index contributed by atoms with van der Waals surface area (Å²) < 4.78 is 19.4. The smallest absolute Gasteiger partial charge is 0.295 e. The molecule has 0 saturated carbocycles. The van der Waals surface area contributed by atoms with Gasteiger partial charge in [0.2, 0.25) is 0 Å². The van der Waals surface area contributed by atoms with Crippen molar-refractivity contribution in [2.75, 3.05) is 33.3 Å². The number of ketones is 1. The molecule has 1 fully saturated rings. The number of aliphatic hydroxyl groups is 1. The molecular formula is C25H29FN2O4. The van der Waals surface area contributed by atoms with Crippen LogP contribution in [0, 0.1) is 12.7 Å². The summed E-state index contributed by atoms with van der Waals surface area (Å²) in [7, 11) is 1.55. The van der Waals surface area contributed by atoms with Crippen LogP contribution < -0.4 is 4.74 Å². The maximum atomic E-state index is 14.2. The number of ether oxygens (including phenoxy) is 1. The molecule has 0 bridgehead atoms. The van der Waals surface area contributed by atoms with Crippen LogP contribution in [0.1, 0.15) is 36.6 Å². The van der Waals surface area contributed by atoms with Crippen LogP contribution in [-0.4, -0.2) is 59.9 Å². The lowest BCUT2D eigenvalue weighted by Gasteiger charge is -2.28. The molecule has 0 spiro atoms. The zero-order chi connectivity index (χ0) is 23.4. The first-order valence-corrected chi connectivity index (χ1v) is 10.7. The maximum absolute atomic E-state index is 14.2. The van der Waals surface area contributed by atoms with E-state index in [2.05, 4.69) is 4.90 Å². The summed E-state index contributed by atoms with van der Waals surface area (Å²) in [5, 5.41) is 11.0. The fraction of sp³-hybridized carbons (Fsp3) is 0.360. The zero-order valence-corrected chi connectivity index (χ0v) is 18.9. The second kappa shape index (κ2) is 9.96. The van der Waals surface area contributed by atoms with E-state index in [4.69, 9.17) is 4.74 Å².